The molecule has 4 nitrogen and oxygen atoms in total. The lowest BCUT2D eigenvalue weighted by Crippen LogP contribution is -2.52. The summed E-state index contributed by atoms with van der Waals surface area (Å²) in [5.41, 5.74) is 0. The van der Waals surface area contributed by atoms with E-state index in [1.165, 1.54) is 12.8 Å². The van der Waals surface area contributed by atoms with Crippen molar-refractivity contribution in [2.45, 2.75) is 78.2 Å². The van der Waals surface area contributed by atoms with Crippen molar-refractivity contribution >= 4 is 0 Å². The maximum absolute atomic E-state index is 10.5. The Morgan fingerprint density at radius 3 is 2.39 bits per heavy atom. The van der Waals surface area contributed by atoms with Gasteiger partial charge < -0.3 is 14.6 Å². The zero-order valence-electron chi connectivity index (χ0n) is 15.7. The molecule has 0 unspecified atom stereocenters. The number of morpholine rings is 1. The number of ether oxygens (including phenoxy) is 2. The average Bonchev–Trinajstić information content (AvgIpc) is 2.49. The van der Waals surface area contributed by atoms with E-state index >= 15 is 0 Å². The zero-order chi connectivity index (χ0) is 17.0. The molecule has 1 heterocycles. The van der Waals surface area contributed by atoms with Gasteiger partial charge in [0, 0.05) is 18.6 Å². The van der Waals surface area contributed by atoms with Crippen LogP contribution in [0.1, 0.15) is 53.9 Å². The minimum absolute atomic E-state index is 0.313. The molecule has 0 aromatic rings. The number of aliphatic hydroxyl groups excluding tert-OH is 1. The Hall–Kier alpha value is -0.160. The fourth-order valence-corrected chi connectivity index (χ4v) is 4.23. The van der Waals surface area contributed by atoms with E-state index in [1.807, 2.05) is 0 Å². The third-order valence-electron chi connectivity index (χ3n) is 5.74. The molecule has 1 aliphatic heterocycles. The van der Waals surface area contributed by atoms with Crippen LogP contribution in [0.15, 0.2) is 0 Å². The van der Waals surface area contributed by atoms with Gasteiger partial charge in [-0.05, 0) is 44.4 Å². The fourth-order valence-electron chi connectivity index (χ4n) is 4.23. The molecule has 1 aliphatic carbocycles. The van der Waals surface area contributed by atoms with Crippen LogP contribution in [0.5, 0.6) is 0 Å². The van der Waals surface area contributed by atoms with Gasteiger partial charge in [-0.15, -0.1) is 0 Å². The normalized spacial score (nSPS) is 38.0. The zero-order valence-corrected chi connectivity index (χ0v) is 15.7. The quantitative estimate of drug-likeness (QED) is 0.814. The van der Waals surface area contributed by atoms with Gasteiger partial charge in [0.25, 0.3) is 0 Å². The average molecular weight is 328 g/mol. The molecule has 2 rings (SSSR count). The highest BCUT2D eigenvalue weighted by molar-refractivity contribution is 4.83. The molecule has 2 aliphatic rings. The van der Waals surface area contributed by atoms with Gasteiger partial charge in [-0.1, -0.05) is 27.2 Å². The number of rotatable bonds is 6. The third-order valence-corrected chi connectivity index (χ3v) is 5.74. The molecule has 6 atom stereocenters. The Morgan fingerprint density at radius 1 is 1.13 bits per heavy atom. The summed E-state index contributed by atoms with van der Waals surface area (Å²) < 4.78 is 11.8. The highest BCUT2D eigenvalue weighted by atomic mass is 16.5. The molecule has 0 aromatic heterocycles. The van der Waals surface area contributed by atoms with Gasteiger partial charge in [0.05, 0.1) is 32.0 Å². The fraction of sp³-hybridized carbons (Fsp3) is 1.00. The number of nitrogens with zero attached hydrogens (tertiary/aromatic N) is 1. The van der Waals surface area contributed by atoms with Gasteiger partial charge >= 0.3 is 0 Å². The number of hydrogen-bond acceptors (Lipinski definition) is 4. The van der Waals surface area contributed by atoms with Crippen LogP contribution >= 0.6 is 0 Å². The summed E-state index contributed by atoms with van der Waals surface area (Å²) in [4.78, 5) is 2.35. The predicted octanol–water partition coefficient (Wildman–Crippen LogP) is 2.93. The largest absolute Gasteiger partial charge is 0.389 e. The van der Waals surface area contributed by atoms with Crippen molar-refractivity contribution in [1.29, 1.82) is 0 Å². The Bertz CT molecular complexity index is 340. The molecule has 1 saturated carbocycles. The Kier molecular flexibility index (Phi) is 7.33. The van der Waals surface area contributed by atoms with Crippen molar-refractivity contribution in [3.8, 4) is 0 Å². The van der Waals surface area contributed by atoms with Crippen molar-refractivity contribution in [2.75, 3.05) is 26.4 Å². The monoisotopic (exact) mass is 327 g/mol. The van der Waals surface area contributed by atoms with E-state index in [9.17, 15) is 5.11 Å². The van der Waals surface area contributed by atoms with Crippen molar-refractivity contribution in [1.82, 2.24) is 4.90 Å². The lowest BCUT2D eigenvalue weighted by molar-refractivity contribution is -0.0929. The molecule has 0 aromatic carbocycles. The highest BCUT2D eigenvalue weighted by Gasteiger charge is 2.32. The van der Waals surface area contributed by atoms with E-state index < -0.39 is 6.10 Å². The third kappa shape index (κ3) is 5.42. The SMILES string of the molecule is CC(C)[C@@H]1CC[C@H](C)C[C@H]1OC[C@H](O)CN1[C@H](C)COC[C@@H]1C. The second-order valence-corrected chi connectivity index (χ2v) is 8.28. The molecule has 23 heavy (non-hydrogen) atoms. The van der Waals surface area contributed by atoms with Crippen LogP contribution in [0.25, 0.3) is 0 Å². The Balaban J connectivity index is 1.81. The van der Waals surface area contributed by atoms with Crippen LogP contribution in [-0.4, -0.2) is 60.7 Å². The Morgan fingerprint density at radius 2 is 1.78 bits per heavy atom. The first kappa shape index (κ1) is 19.2. The van der Waals surface area contributed by atoms with Gasteiger partial charge in [-0.3, -0.25) is 4.90 Å². The minimum Gasteiger partial charge on any atom is -0.389 e. The first-order valence-electron chi connectivity index (χ1n) is 9.51. The minimum atomic E-state index is -0.414. The first-order chi connectivity index (χ1) is 10.9. The van der Waals surface area contributed by atoms with Gasteiger partial charge in [0.15, 0.2) is 0 Å². The standard InChI is InChI=1S/C19H37NO3/c1-13(2)18-7-6-14(3)8-19(18)23-12-17(21)9-20-15(4)10-22-11-16(20)5/h13-19,21H,6-12H2,1-5H3/t14-,15-,16+,17+,18-,19+/m0/s1. The lowest BCUT2D eigenvalue weighted by atomic mass is 9.75. The van der Waals surface area contributed by atoms with Gasteiger partial charge in [-0.25, -0.2) is 0 Å². The van der Waals surface area contributed by atoms with Gasteiger partial charge in [0.1, 0.15) is 0 Å². The number of hydrogen-bond donors (Lipinski definition) is 1. The van der Waals surface area contributed by atoms with Gasteiger partial charge in [0.2, 0.25) is 0 Å². The second kappa shape index (κ2) is 8.80. The maximum atomic E-state index is 10.5. The van der Waals surface area contributed by atoms with Crippen molar-refractivity contribution in [2.24, 2.45) is 17.8 Å². The van der Waals surface area contributed by atoms with E-state index in [-0.39, 0.29) is 0 Å². The van der Waals surface area contributed by atoms with E-state index in [0.717, 1.165) is 25.6 Å². The van der Waals surface area contributed by atoms with Crippen LogP contribution in [0, 0.1) is 17.8 Å². The highest BCUT2D eigenvalue weighted by Crippen LogP contribution is 2.35. The van der Waals surface area contributed by atoms with E-state index in [1.54, 1.807) is 0 Å². The van der Waals surface area contributed by atoms with Crippen LogP contribution in [0.4, 0.5) is 0 Å². The van der Waals surface area contributed by atoms with E-state index in [0.29, 0.717) is 43.2 Å². The maximum Gasteiger partial charge on any atom is 0.0900 e. The summed E-state index contributed by atoms with van der Waals surface area (Å²) in [5.74, 6) is 2.04. The molecular weight excluding hydrogens is 290 g/mol. The first-order valence-corrected chi connectivity index (χ1v) is 9.51. The second-order valence-electron chi connectivity index (χ2n) is 8.28. The van der Waals surface area contributed by atoms with Crippen LogP contribution in [-0.2, 0) is 9.47 Å². The molecule has 0 spiro atoms. The van der Waals surface area contributed by atoms with E-state index in [4.69, 9.17) is 9.47 Å². The van der Waals surface area contributed by atoms with E-state index in [2.05, 4.69) is 39.5 Å². The number of β-amino-alcohol motifs (C(OH)–C–C–N with tert-alkyl or cyclic N) is 1. The van der Waals surface area contributed by atoms with Crippen molar-refractivity contribution < 1.29 is 14.6 Å². The summed E-state index contributed by atoms with van der Waals surface area (Å²) in [6, 6.07) is 0.734. The van der Waals surface area contributed by atoms with Crippen LogP contribution in [0.2, 0.25) is 0 Å². The Labute approximate surface area is 142 Å². The molecule has 136 valence electrons. The van der Waals surface area contributed by atoms with Crippen LogP contribution in [0.3, 0.4) is 0 Å². The summed E-state index contributed by atoms with van der Waals surface area (Å²) >= 11 is 0. The summed E-state index contributed by atoms with van der Waals surface area (Å²) in [6.07, 6.45) is 3.61. The molecule has 0 amide bonds. The molecule has 1 N–H and O–H groups in total. The number of aliphatic hydroxyl groups is 1. The summed E-state index contributed by atoms with van der Waals surface area (Å²) in [7, 11) is 0. The topological polar surface area (TPSA) is 41.9 Å². The molecule has 0 radical (unpaired) electrons. The lowest BCUT2D eigenvalue weighted by Gasteiger charge is -2.40. The van der Waals surface area contributed by atoms with Gasteiger partial charge in [-0.2, -0.15) is 0 Å². The molecule has 2 fully saturated rings. The molecular formula is C19H37NO3. The van der Waals surface area contributed by atoms with Crippen LogP contribution < -0.4 is 0 Å². The smallest absolute Gasteiger partial charge is 0.0900 e. The molecule has 1 saturated heterocycles. The predicted molar refractivity (Wildman–Crippen MR) is 93.5 cm³/mol. The molecule has 0 bridgehead atoms. The summed E-state index contributed by atoms with van der Waals surface area (Å²) in [6.45, 7) is 13.9. The van der Waals surface area contributed by atoms with Crippen molar-refractivity contribution in [3.05, 3.63) is 0 Å². The summed E-state index contributed by atoms with van der Waals surface area (Å²) in [5, 5.41) is 10.5. The van der Waals surface area contributed by atoms with Crippen molar-refractivity contribution in [3.63, 3.8) is 0 Å². The molecule has 4 heteroatoms.